The third-order valence-electron chi connectivity index (χ3n) is 2.54. The summed E-state index contributed by atoms with van der Waals surface area (Å²) in [6.45, 7) is 5.40. The molecule has 1 unspecified atom stereocenters. The summed E-state index contributed by atoms with van der Waals surface area (Å²) in [5, 5.41) is 2.62. The molecule has 1 rings (SSSR count). The molecule has 0 aliphatic heterocycles. The Hall–Kier alpha value is -2.11. The van der Waals surface area contributed by atoms with Gasteiger partial charge in [0.05, 0.1) is 0 Å². The van der Waals surface area contributed by atoms with Gasteiger partial charge in [-0.15, -0.1) is 0 Å². The third kappa shape index (κ3) is 5.41. The van der Waals surface area contributed by atoms with Crippen molar-refractivity contribution in [3.05, 3.63) is 35.6 Å². The first-order chi connectivity index (χ1) is 9.60. The van der Waals surface area contributed by atoms with E-state index in [1.54, 1.807) is 34.9 Å². The predicted octanol–water partition coefficient (Wildman–Crippen LogP) is 2.48. The molecule has 2 amide bonds. The molecule has 1 aromatic carbocycles. The van der Waals surface area contributed by atoms with Gasteiger partial charge in [-0.25, -0.2) is 9.18 Å². The highest BCUT2D eigenvalue weighted by Crippen LogP contribution is 2.20. The number of nitrogens with one attached hydrogen (secondary N) is 1. The Balaban J connectivity index is 2.96. The summed E-state index contributed by atoms with van der Waals surface area (Å²) in [7, 11) is 3.12. The average molecular weight is 296 g/mol. The van der Waals surface area contributed by atoms with Gasteiger partial charge in [0.1, 0.15) is 5.82 Å². The Kier molecular flexibility index (Phi) is 5.29. The Morgan fingerprint density at radius 1 is 1.19 bits per heavy atom. The van der Waals surface area contributed by atoms with Gasteiger partial charge in [0.15, 0.2) is 0 Å². The van der Waals surface area contributed by atoms with Crippen LogP contribution in [0.25, 0.3) is 0 Å². The van der Waals surface area contributed by atoms with Crippen molar-refractivity contribution >= 4 is 12.0 Å². The summed E-state index contributed by atoms with van der Waals surface area (Å²) in [5.74, 6) is -0.820. The molecule has 0 spiro atoms. The van der Waals surface area contributed by atoms with E-state index in [4.69, 9.17) is 4.74 Å². The minimum atomic E-state index is -1.11. The van der Waals surface area contributed by atoms with Crippen LogP contribution in [0.5, 0.6) is 0 Å². The number of amides is 2. The molecule has 21 heavy (non-hydrogen) atoms. The maximum absolute atomic E-state index is 13.0. The van der Waals surface area contributed by atoms with Gasteiger partial charge in [-0.2, -0.15) is 0 Å². The van der Waals surface area contributed by atoms with Crippen LogP contribution in [0.2, 0.25) is 0 Å². The molecule has 6 heteroatoms. The first kappa shape index (κ1) is 16.9. The van der Waals surface area contributed by atoms with E-state index < -0.39 is 29.5 Å². The molecule has 116 valence electrons. The fraction of sp³-hybridized carbons (Fsp3) is 0.467. The lowest BCUT2D eigenvalue weighted by Crippen LogP contribution is -2.43. The quantitative estimate of drug-likeness (QED) is 0.932. The zero-order valence-corrected chi connectivity index (χ0v) is 12.9. The largest absolute Gasteiger partial charge is 0.431 e. The highest BCUT2D eigenvalue weighted by Gasteiger charge is 2.28. The number of carbonyl (C=O) groups excluding carboxylic acids is 2. The normalized spacial score (nSPS) is 12.5. The molecular weight excluding hydrogens is 275 g/mol. The zero-order valence-electron chi connectivity index (χ0n) is 12.9. The maximum atomic E-state index is 13.0. The van der Waals surface area contributed by atoms with Crippen molar-refractivity contribution in [3.8, 4) is 0 Å². The second-order valence-corrected chi connectivity index (χ2v) is 5.94. The number of nitrogens with zero attached hydrogens (tertiary/aromatic N) is 1. The lowest BCUT2D eigenvalue weighted by molar-refractivity contribution is -0.138. The van der Waals surface area contributed by atoms with E-state index in [2.05, 4.69) is 5.32 Å². The van der Waals surface area contributed by atoms with Crippen molar-refractivity contribution < 1.29 is 18.7 Å². The van der Waals surface area contributed by atoms with E-state index in [0.29, 0.717) is 5.56 Å². The Morgan fingerprint density at radius 3 is 2.14 bits per heavy atom. The average Bonchev–Trinajstić information content (AvgIpc) is 2.34. The predicted molar refractivity (Wildman–Crippen MR) is 77.2 cm³/mol. The molecule has 0 saturated carbocycles. The molecule has 0 aromatic heterocycles. The van der Waals surface area contributed by atoms with Crippen LogP contribution in [0.1, 0.15) is 32.4 Å². The number of carbonyl (C=O) groups is 2. The van der Waals surface area contributed by atoms with Crippen LogP contribution < -0.4 is 5.32 Å². The first-order valence-corrected chi connectivity index (χ1v) is 6.55. The topological polar surface area (TPSA) is 58.6 Å². The SMILES string of the molecule is CN(C)C(=O)C(OC(=O)NC(C)(C)C)c1ccc(F)cc1. The van der Waals surface area contributed by atoms with Crippen LogP contribution in [0, 0.1) is 5.82 Å². The number of hydrogen-bond acceptors (Lipinski definition) is 3. The molecule has 0 fully saturated rings. The smallest absolute Gasteiger partial charge is 0.408 e. The maximum Gasteiger partial charge on any atom is 0.408 e. The molecular formula is C15H21FN2O3. The minimum absolute atomic E-state index is 0.398. The molecule has 5 nitrogen and oxygen atoms in total. The van der Waals surface area contributed by atoms with Gasteiger partial charge in [0.2, 0.25) is 6.10 Å². The Morgan fingerprint density at radius 2 is 1.71 bits per heavy atom. The summed E-state index contributed by atoms with van der Waals surface area (Å²) in [4.78, 5) is 25.3. The monoisotopic (exact) mass is 296 g/mol. The fourth-order valence-electron chi connectivity index (χ4n) is 1.58. The number of hydrogen-bond donors (Lipinski definition) is 1. The number of halogens is 1. The number of ether oxygens (including phenoxy) is 1. The van der Waals surface area contributed by atoms with Crippen LogP contribution in [0.15, 0.2) is 24.3 Å². The third-order valence-corrected chi connectivity index (χ3v) is 2.54. The molecule has 0 aliphatic carbocycles. The molecule has 0 radical (unpaired) electrons. The molecule has 0 heterocycles. The van der Waals surface area contributed by atoms with E-state index in [9.17, 15) is 14.0 Å². The van der Waals surface area contributed by atoms with Crippen LogP contribution >= 0.6 is 0 Å². The fourth-order valence-corrected chi connectivity index (χ4v) is 1.58. The van der Waals surface area contributed by atoms with Crippen molar-refractivity contribution in [2.75, 3.05) is 14.1 Å². The zero-order chi connectivity index (χ0) is 16.2. The van der Waals surface area contributed by atoms with E-state index in [1.165, 1.54) is 29.2 Å². The Bertz CT molecular complexity index is 507. The van der Waals surface area contributed by atoms with Crippen molar-refractivity contribution in [2.24, 2.45) is 0 Å². The van der Waals surface area contributed by atoms with Crippen LogP contribution in [-0.4, -0.2) is 36.5 Å². The summed E-state index contributed by atoms with van der Waals surface area (Å²) in [5.41, 5.74) is -0.0647. The van der Waals surface area contributed by atoms with E-state index >= 15 is 0 Å². The molecule has 1 N–H and O–H groups in total. The number of rotatable bonds is 3. The Labute approximate surface area is 124 Å². The summed E-state index contributed by atoms with van der Waals surface area (Å²) in [6, 6.07) is 5.28. The molecule has 0 aliphatic rings. The lowest BCUT2D eigenvalue weighted by Gasteiger charge is -2.25. The second-order valence-electron chi connectivity index (χ2n) is 5.94. The molecule has 1 aromatic rings. The van der Waals surface area contributed by atoms with Crippen LogP contribution in [0.4, 0.5) is 9.18 Å². The van der Waals surface area contributed by atoms with Crippen molar-refractivity contribution in [1.82, 2.24) is 10.2 Å². The number of alkyl carbamates (subject to hydrolysis) is 1. The minimum Gasteiger partial charge on any atom is -0.431 e. The van der Waals surface area contributed by atoms with Crippen LogP contribution in [0.3, 0.4) is 0 Å². The van der Waals surface area contributed by atoms with Gasteiger partial charge in [0, 0.05) is 25.2 Å². The van der Waals surface area contributed by atoms with E-state index in [1.807, 2.05) is 0 Å². The molecule has 0 bridgehead atoms. The highest BCUT2D eigenvalue weighted by molar-refractivity contribution is 5.84. The number of benzene rings is 1. The summed E-state index contributed by atoms with van der Waals surface area (Å²) >= 11 is 0. The van der Waals surface area contributed by atoms with Crippen molar-refractivity contribution in [2.45, 2.75) is 32.4 Å². The van der Waals surface area contributed by atoms with Crippen molar-refractivity contribution in [3.63, 3.8) is 0 Å². The standard InChI is InChI=1S/C15H21FN2O3/c1-15(2,3)17-14(20)21-12(13(19)18(4)5)10-6-8-11(16)9-7-10/h6-9,12H,1-5H3,(H,17,20). The van der Waals surface area contributed by atoms with Gasteiger partial charge in [-0.1, -0.05) is 12.1 Å². The van der Waals surface area contributed by atoms with Gasteiger partial charge in [-0.3, -0.25) is 4.79 Å². The molecule has 0 saturated heterocycles. The highest BCUT2D eigenvalue weighted by atomic mass is 19.1. The lowest BCUT2D eigenvalue weighted by atomic mass is 10.1. The van der Waals surface area contributed by atoms with E-state index in [0.717, 1.165) is 0 Å². The van der Waals surface area contributed by atoms with Gasteiger partial charge in [0.25, 0.3) is 5.91 Å². The van der Waals surface area contributed by atoms with Gasteiger partial charge in [-0.05, 0) is 32.9 Å². The summed E-state index contributed by atoms with van der Waals surface area (Å²) < 4.78 is 18.2. The van der Waals surface area contributed by atoms with Gasteiger partial charge < -0.3 is 15.0 Å². The van der Waals surface area contributed by atoms with Gasteiger partial charge >= 0.3 is 6.09 Å². The van der Waals surface area contributed by atoms with E-state index in [-0.39, 0.29) is 0 Å². The molecule has 1 atom stereocenters. The first-order valence-electron chi connectivity index (χ1n) is 6.55. The van der Waals surface area contributed by atoms with Crippen LogP contribution in [-0.2, 0) is 9.53 Å². The van der Waals surface area contributed by atoms with Crippen molar-refractivity contribution in [1.29, 1.82) is 0 Å². The number of likely N-dealkylation sites (N-methyl/N-ethyl adjacent to an activating group) is 1. The summed E-state index contributed by atoms with van der Waals surface area (Å²) in [6.07, 6.45) is -1.81. The second kappa shape index (κ2) is 6.56.